The first-order valence-electron chi connectivity index (χ1n) is 12.6. The van der Waals surface area contributed by atoms with Crippen LogP contribution < -0.4 is 24.4 Å². The monoisotopic (exact) mass is 500 g/mol. The highest BCUT2D eigenvalue weighted by molar-refractivity contribution is 6.11. The zero-order valence-electron chi connectivity index (χ0n) is 20.6. The highest BCUT2D eigenvalue weighted by Crippen LogP contribution is 2.55. The van der Waals surface area contributed by atoms with E-state index in [1.807, 2.05) is 55.5 Å². The molecule has 1 atom stereocenters. The van der Waals surface area contributed by atoms with E-state index in [-0.39, 0.29) is 31.8 Å². The van der Waals surface area contributed by atoms with Crippen molar-refractivity contribution < 1.29 is 28.5 Å². The van der Waals surface area contributed by atoms with Crippen LogP contribution in [-0.4, -0.2) is 45.0 Å². The molecule has 0 fully saturated rings. The third-order valence-corrected chi connectivity index (χ3v) is 7.19. The molecule has 190 valence electrons. The molecule has 3 aliphatic heterocycles. The second-order valence-electron chi connectivity index (χ2n) is 9.27. The lowest BCUT2D eigenvalue weighted by molar-refractivity contribution is -0.122. The normalized spacial score (nSPS) is 18.6. The molecule has 1 spiro atoms. The van der Waals surface area contributed by atoms with Crippen LogP contribution in [0.15, 0.2) is 60.7 Å². The van der Waals surface area contributed by atoms with Gasteiger partial charge in [-0.15, -0.1) is 0 Å². The molecule has 0 bridgehead atoms. The van der Waals surface area contributed by atoms with E-state index in [2.05, 4.69) is 5.32 Å². The van der Waals surface area contributed by atoms with Crippen molar-refractivity contribution in [1.82, 2.24) is 5.32 Å². The minimum atomic E-state index is -0.983. The van der Waals surface area contributed by atoms with E-state index in [0.717, 1.165) is 28.8 Å². The standard InChI is InChI=1S/C29H28N2O6/c1-2-34-13-7-12-30-27(32)20-9-4-3-8-19(20)16-31-23-11-6-5-10-21(23)29(28(31)33)17-35-24-15-26-25(14-22(24)29)36-18-37-26/h3-6,8-11,14-15H,2,7,12-13,16-18H2,1H3,(H,30,32). The number of fused-ring (bicyclic) bond motifs is 5. The van der Waals surface area contributed by atoms with Crippen molar-refractivity contribution in [3.05, 3.63) is 82.9 Å². The molecule has 0 saturated heterocycles. The lowest BCUT2D eigenvalue weighted by Gasteiger charge is -2.24. The number of para-hydroxylation sites is 1. The molecular weight excluding hydrogens is 472 g/mol. The largest absolute Gasteiger partial charge is 0.491 e. The predicted octanol–water partition coefficient (Wildman–Crippen LogP) is 3.80. The summed E-state index contributed by atoms with van der Waals surface area (Å²) in [5.74, 6) is 1.61. The number of amides is 2. The maximum Gasteiger partial charge on any atom is 0.251 e. The van der Waals surface area contributed by atoms with Gasteiger partial charge in [0, 0.05) is 42.6 Å². The zero-order valence-corrected chi connectivity index (χ0v) is 20.6. The number of carbonyl (C=O) groups excluding carboxylic acids is 2. The Kier molecular flexibility index (Phi) is 5.96. The lowest BCUT2D eigenvalue weighted by atomic mass is 9.77. The Morgan fingerprint density at radius 3 is 2.65 bits per heavy atom. The third-order valence-electron chi connectivity index (χ3n) is 7.19. The molecule has 3 heterocycles. The number of carbonyl (C=O) groups is 2. The van der Waals surface area contributed by atoms with E-state index >= 15 is 0 Å². The fraction of sp³-hybridized carbons (Fsp3) is 0.310. The Bertz CT molecular complexity index is 1370. The summed E-state index contributed by atoms with van der Waals surface area (Å²) < 4.78 is 22.5. The number of anilines is 1. The number of hydrogen-bond donors (Lipinski definition) is 1. The number of rotatable bonds is 8. The van der Waals surface area contributed by atoms with E-state index < -0.39 is 5.41 Å². The molecule has 0 radical (unpaired) electrons. The van der Waals surface area contributed by atoms with Crippen molar-refractivity contribution in [2.75, 3.05) is 38.1 Å². The molecule has 3 aromatic rings. The van der Waals surface area contributed by atoms with Crippen molar-refractivity contribution in [2.24, 2.45) is 0 Å². The van der Waals surface area contributed by atoms with Crippen LogP contribution in [-0.2, 0) is 21.5 Å². The Morgan fingerprint density at radius 1 is 1.00 bits per heavy atom. The molecule has 8 nitrogen and oxygen atoms in total. The van der Waals surface area contributed by atoms with Crippen molar-refractivity contribution in [2.45, 2.75) is 25.3 Å². The Morgan fingerprint density at radius 2 is 1.78 bits per heavy atom. The first-order valence-corrected chi connectivity index (χ1v) is 12.6. The van der Waals surface area contributed by atoms with E-state index in [1.165, 1.54) is 0 Å². The summed E-state index contributed by atoms with van der Waals surface area (Å²) in [5.41, 5.74) is 2.82. The molecule has 2 amide bonds. The fourth-order valence-electron chi connectivity index (χ4n) is 5.39. The van der Waals surface area contributed by atoms with Gasteiger partial charge < -0.3 is 29.2 Å². The zero-order chi connectivity index (χ0) is 25.4. The molecule has 3 aromatic carbocycles. The summed E-state index contributed by atoms with van der Waals surface area (Å²) in [6.07, 6.45) is 0.736. The smallest absolute Gasteiger partial charge is 0.251 e. The summed E-state index contributed by atoms with van der Waals surface area (Å²) in [5, 5.41) is 2.97. The van der Waals surface area contributed by atoms with Gasteiger partial charge >= 0.3 is 0 Å². The molecule has 8 heteroatoms. The third kappa shape index (κ3) is 3.79. The Hall–Kier alpha value is -4.04. The van der Waals surface area contributed by atoms with Gasteiger partial charge in [0.2, 0.25) is 12.7 Å². The number of ether oxygens (including phenoxy) is 4. The molecule has 0 saturated carbocycles. The molecular formula is C29H28N2O6. The van der Waals surface area contributed by atoms with Gasteiger partial charge in [0.05, 0.1) is 6.54 Å². The van der Waals surface area contributed by atoms with Crippen LogP contribution in [0.3, 0.4) is 0 Å². The molecule has 0 aliphatic carbocycles. The van der Waals surface area contributed by atoms with Crippen molar-refractivity contribution in [1.29, 1.82) is 0 Å². The van der Waals surface area contributed by atoms with Gasteiger partial charge in [0.1, 0.15) is 17.8 Å². The van der Waals surface area contributed by atoms with E-state index in [9.17, 15) is 9.59 Å². The fourth-order valence-corrected chi connectivity index (χ4v) is 5.39. The van der Waals surface area contributed by atoms with Crippen LogP contribution >= 0.6 is 0 Å². The van der Waals surface area contributed by atoms with Gasteiger partial charge in [-0.1, -0.05) is 36.4 Å². The molecule has 3 aliphatic rings. The summed E-state index contributed by atoms with van der Waals surface area (Å²) in [6.45, 7) is 4.32. The summed E-state index contributed by atoms with van der Waals surface area (Å²) >= 11 is 0. The summed E-state index contributed by atoms with van der Waals surface area (Å²) in [4.78, 5) is 29.0. The molecule has 37 heavy (non-hydrogen) atoms. The summed E-state index contributed by atoms with van der Waals surface area (Å²) in [7, 11) is 0. The average molecular weight is 501 g/mol. The predicted molar refractivity (Wildman–Crippen MR) is 136 cm³/mol. The van der Waals surface area contributed by atoms with E-state index in [0.29, 0.717) is 42.6 Å². The Balaban J connectivity index is 1.31. The van der Waals surface area contributed by atoms with Crippen molar-refractivity contribution in [3.8, 4) is 17.2 Å². The molecule has 0 aromatic heterocycles. The van der Waals surface area contributed by atoms with Crippen LogP contribution in [0.2, 0.25) is 0 Å². The number of benzene rings is 3. The van der Waals surface area contributed by atoms with Gasteiger partial charge in [-0.05, 0) is 42.7 Å². The van der Waals surface area contributed by atoms with Gasteiger partial charge in [-0.2, -0.15) is 0 Å². The quantitative estimate of drug-likeness (QED) is 0.474. The highest BCUT2D eigenvalue weighted by Gasteiger charge is 2.57. The minimum Gasteiger partial charge on any atom is -0.491 e. The van der Waals surface area contributed by atoms with Crippen LogP contribution in [0.5, 0.6) is 17.2 Å². The average Bonchev–Trinajstić information content (AvgIpc) is 3.60. The first-order chi connectivity index (χ1) is 18.1. The van der Waals surface area contributed by atoms with Crippen LogP contribution in [0.25, 0.3) is 0 Å². The van der Waals surface area contributed by atoms with Crippen LogP contribution in [0.4, 0.5) is 5.69 Å². The van der Waals surface area contributed by atoms with Crippen LogP contribution in [0, 0.1) is 0 Å². The number of nitrogens with zero attached hydrogens (tertiary/aromatic N) is 1. The van der Waals surface area contributed by atoms with Gasteiger partial charge in [-0.25, -0.2) is 0 Å². The van der Waals surface area contributed by atoms with E-state index in [1.54, 1.807) is 17.0 Å². The maximum absolute atomic E-state index is 14.3. The van der Waals surface area contributed by atoms with Gasteiger partial charge in [0.15, 0.2) is 11.5 Å². The van der Waals surface area contributed by atoms with Crippen LogP contribution in [0.1, 0.15) is 40.4 Å². The van der Waals surface area contributed by atoms with Gasteiger partial charge in [0.25, 0.3) is 5.91 Å². The second-order valence-corrected chi connectivity index (χ2v) is 9.27. The van der Waals surface area contributed by atoms with E-state index in [4.69, 9.17) is 18.9 Å². The van der Waals surface area contributed by atoms with Crippen molar-refractivity contribution >= 4 is 17.5 Å². The molecule has 6 rings (SSSR count). The SMILES string of the molecule is CCOCCCNC(=O)c1ccccc1CN1C(=O)C2(COc3cc4c(cc32)OCO4)c2ccccc21. The maximum atomic E-state index is 14.3. The lowest BCUT2D eigenvalue weighted by Crippen LogP contribution is -2.42. The molecule has 1 unspecified atom stereocenters. The summed E-state index contributed by atoms with van der Waals surface area (Å²) in [6, 6.07) is 18.9. The Labute approximate surface area is 215 Å². The number of hydrogen-bond acceptors (Lipinski definition) is 6. The minimum absolute atomic E-state index is 0.0850. The topological polar surface area (TPSA) is 86.3 Å². The molecule has 1 N–H and O–H groups in total. The number of nitrogens with one attached hydrogen (secondary N) is 1. The second kappa shape index (κ2) is 9.44. The first kappa shape index (κ1) is 23.4. The van der Waals surface area contributed by atoms with Gasteiger partial charge in [-0.3, -0.25) is 9.59 Å². The highest BCUT2D eigenvalue weighted by atomic mass is 16.7. The van der Waals surface area contributed by atoms with Crippen molar-refractivity contribution in [3.63, 3.8) is 0 Å².